The van der Waals surface area contributed by atoms with E-state index in [4.69, 9.17) is 17.0 Å². The average molecular weight is 459 g/mol. The molecule has 0 aliphatic heterocycles. The van der Waals surface area contributed by atoms with Gasteiger partial charge < -0.3 is 19.9 Å². The van der Waals surface area contributed by atoms with Crippen molar-refractivity contribution >= 4 is 33.9 Å². The number of methoxy groups -OCH3 is 1. The minimum Gasteiger partial charge on any atom is -0.495 e. The number of anilines is 1. The van der Waals surface area contributed by atoms with Gasteiger partial charge in [-0.3, -0.25) is 9.78 Å². The zero-order valence-corrected chi connectivity index (χ0v) is 19.7. The van der Waals surface area contributed by atoms with Crippen molar-refractivity contribution in [2.75, 3.05) is 12.4 Å². The predicted molar refractivity (Wildman–Crippen MR) is 137 cm³/mol. The van der Waals surface area contributed by atoms with Crippen LogP contribution in [-0.4, -0.2) is 27.1 Å². The van der Waals surface area contributed by atoms with Gasteiger partial charge in [0.2, 0.25) is 0 Å². The molecule has 0 fully saturated rings. The van der Waals surface area contributed by atoms with Crippen LogP contribution in [0.2, 0.25) is 0 Å². The second-order valence-electron chi connectivity index (χ2n) is 7.96. The van der Waals surface area contributed by atoms with Crippen molar-refractivity contribution < 1.29 is 4.74 Å². The molecule has 2 heterocycles. The summed E-state index contributed by atoms with van der Waals surface area (Å²) < 4.78 is 5.45. The molecular formula is C26H26N4O2S. The van der Waals surface area contributed by atoms with E-state index in [0.29, 0.717) is 29.5 Å². The average Bonchev–Trinajstić information content (AvgIpc) is 2.83. The molecule has 168 valence electrons. The topological polar surface area (TPSA) is 70.2 Å². The number of aromatic nitrogens is 2. The van der Waals surface area contributed by atoms with Gasteiger partial charge in [-0.2, -0.15) is 0 Å². The standard InChI is InChI=1S/C26H26N4O2S/c1-17-10-11-18(2)24-21(17)13-20(25(31)29-24)16-30(15-19-7-6-12-27-14-19)26(33)28-22-8-4-5-9-23(22)32-3/h4-14H,15-16H2,1-3H3,(H,28,33)(H,29,31). The van der Waals surface area contributed by atoms with Crippen LogP contribution >= 0.6 is 12.2 Å². The highest BCUT2D eigenvalue weighted by molar-refractivity contribution is 7.80. The van der Waals surface area contributed by atoms with E-state index in [1.807, 2.05) is 67.3 Å². The SMILES string of the molecule is COc1ccccc1NC(=S)N(Cc1cccnc1)Cc1cc2c(C)ccc(C)c2[nH]c1=O. The van der Waals surface area contributed by atoms with E-state index in [0.717, 1.165) is 33.3 Å². The van der Waals surface area contributed by atoms with E-state index >= 15 is 0 Å². The van der Waals surface area contributed by atoms with Crippen LogP contribution in [0.5, 0.6) is 5.75 Å². The smallest absolute Gasteiger partial charge is 0.253 e. The summed E-state index contributed by atoms with van der Waals surface area (Å²) in [5.41, 5.74) is 5.31. The largest absolute Gasteiger partial charge is 0.495 e. The number of benzene rings is 2. The number of H-pyrrole nitrogens is 1. The fourth-order valence-electron chi connectivity index (χ4n) is 3.80. The molecule has 0 bridgehead atoms. The summed E-state index contributed by atoms with van der Waals surface area (Å²) in [5.74, 6) is 0.691. The Morgan fingerprint density at radius 3 is 2.64 bits per heavy atom. The monoisotopic (exact) mass is 458 g/mol. The maximum absolute atomic E-state index is 13.0. The molecule has 0 unspecified atom stereocenters. The van der Waals surface area contributed by atoms with Crippen LogP contribution in [0, 0.1) is 13.8 Å². The lowest BCUT2D eigenvalue weighted by Gasteiger charge is -2.26. The molecule has 0 radical (unpaired) electrons. The summed E-state index contributed by atoms with van der Waals surface area (Å²) in [6.45, 7) is 4.89. The van der Waals surface area contributed by atoms with Gasteiger partial charge in [-0.15, -0.1) is 0 Å². The molecule has 7 heteroatoms. The Kier molecular flexibility index (Phi) is 6.70. The quantitative estimate of drug-likeness (QED) is 0.399. The van der Waals surface area contributed by atoms with E-state index < -0.39 is 0 Å². The third-order valence-corrected chi connectivity index (χ3v) is 5.97. The molecule has 0 saturated heterocycles. The van der Waals surface area contributed by atoms with Crippen molar-refractivity contribution in [3.05, 3.63) is 99.6 Å². The molecule has 2 aromatic carbocycles. The fraction of sp³-hybridized carbons (Fsp3) is 0.192. The zero-order chi connectivity index (χ0) is 23.4. The summed E-state index contributed by atoms with van der Waals surface area (Å²) in [6, 6.07) is 17.5. The molecule has 6 nitrogen and oxygen atoms in total. The molecule has 2 aromatic heterocycles. The van der Waals surface area contributed by atoms with Crippen LogP contribution in [0.3, 0.4) is 0 Å². The molecule has 0 saturated carbocycles. The fourth-order valence-corrected chi connectivity index (χ4v) is 4.03. The van der Waals surface area contributed by atoms with Gasteiger partial charge in [0, 0.05) is 29.9 Å². The van der Waals surface area contributed by atoms with E-state index in [1.54, 1.807) is 19.5 Å². The van der Waals surface area contributed by atoms with Gasteiger partial charge in [0.15, 0.2) is 5.11 Å². The number of para-hydroxylation sites is 2. The normalized spacial score (nSPS) is 10.8. The van der Waals surface area contributed by atoms with Gasteiger partial charge in [0.25, 0.3) is 5.56 Å². The number of nitrogens with one attached hydrogen (secondary N) is 2. The van der Waals surface area contributed by atoms with Gasteiger partial charge in [0.05, 0.1) is 24.9 Å². The molecule has 4 rings (SSSR count). The van der Waals surface area contributed by atoms with Crippen LogP contribution in [0.4, 0.5) is 5.69 Å². The van der Waals surface area contributed by atoms with E-state index in [-0.39, 0.29) is 5.56 Å². The first kappa shape index (κ1) is 22.5. The second-order valence-corrected chi connectivity index (χ2v) is 8.35. The molecule has 0 aliphatic rings. The molecule has 4 aromatic rings. The van der Waals surface area contributed by atoms with Crippen molar-refractivity contribution in [3.63, 3.8) is 0 Å². The molecular weight excluding hydrogens is 432 g/mol. The van der Waals surface area contributed by atoms with Gasteiger partial charge in [-0.25, -0.2) is 0 Å². The molecule has 0 atom stereocenters. The lowest BCUT2D eigenvalue weighted by atomic mass is 10.0. The number of rotatable bonds is 6. The lowest BCUT2D eigenvalue weighted by Crippen LogP contribution is -2.35. The first-order valence-electron chi connectivity index (χ1n) is 10.7. The third kappa shape index (κ3) is 5.04. The summed E-state index contributed by atoms with van der Waals surface area (Å²) in [5, 5.41) is 4.81. The zero-order valence-electron chi connectivity index (χ0n) is 18.9. The van der Waals surface area contributed by atoms with Crippen molar-refractivity contribution in [1.29, 1.82) is 0 Å². The third-order valence-electron chi connectivity index (χ3n) is 5.61. The summed E-state index contributed by atoms with van der Waals surface area (Å²) in [6.07, 6.45) is 3.54. The van der Waals surface area contributed by atoms with Crippen molar-refractivity contribution in [2.45, 2.75) is 26.9 Å². The molecule has 0 spiro atoms. The summed E-state index contributed by atoms with van der Waals surface area (Å²) >= 11 is 5.78. The Hall–Kier alpha value is -3.71. The number of aromatic amines is 1. The van der Waals surface area contributed by atoms with Gasteiger partial charge in [0.1, 0.15) is 5.75 Å². The highest BCUT2D eigenvalue weighted by atomic mass is 32.1. The Balaban J connectivity index is 1.69. The minimum absolute atomic E-state index is 0.118. The number of fused-ring (bicyclic) bond motifs is 1. The van der Waals surface area contributed by atoms with Gasteiger partial charge >= 0.3 is 0 Å². The van der Waals surface area contributed by atoms with Gasteiger partial charge in [-0.1, -0.05) is 30.3 Å². The number of aryl methyl sites for hydroxylation is 2. The highest BCUT2D eigenvalue weighted by Gasteiger charge is 2.16. The number of hydrogen-bond donors (Lipinski definition) is 2. The van der Waals surface area contributed by atoms with Crippen molar-refractivity contribution in [1.82, 2.24) is 14.9 Å². The Morgan fingerprint density at radius 1 is 1.09 bits per heavy atom. The maximum Gasteiger partial charge on any atom is 0.253 e. The highest BCUT2D eigenvalue weighted by Crippen LogP contribution is 2.25. The number of thiocarbonyl (C=S) groups is 1. The lowest BCUT2D eigenvalue weighted by molar-refractivity contribution is 0.407. The Labute approximate surface area is 198 Å². The van der Waals surface area contributed by atoms with E-state index in [1.165, 1.54) is 0 Å². The van der Waals surface area contributed by atoms with Crippen molar-refractivity contribution in [3.8, 4) is 5.75 Å². The van der Waals surface area contributed by atoms with Crippen LogP contribution in [0.25, 0.3) is 10.9 Å². The number of ether oxygens (including phenoxy) is 1. The number of pyridine rings is 2. The summed E-state index contributed by atoms with van der Waals surface area (Å²) in [7, 11) is 1.62. The van der Waals surface area contributed by atoms with Crippen LogP contribution < -0.4 is 15.6 Å². The molecule has 0 amide bonds. The van der Waals surface area contributed by atoms with E-state index in [2.05, 4.69) is 21.4 Å². The van der Waals surface area contributed by atoms with Crippen LogP contribution in [-0.2, 0) is 13.1 Å². The summed E-state index contributed by atoms with van der Waals surface area (Å²) in [4.78, 5) is 22.2. The molecule has 33 heavy (non-hydrogen) atoms. The minimum atomic E-state index is -0.118. The van der Waals surface area contributed by atoms with Gasteiger partial charge in [-0.05, 0) is 67.0 Å². The predicted octanol–water partition coefficient (Wildman–Crippen LogP) is 4.95. The molecule has 2 N–H and O–H groups in total. The maximum atomic E-state index is 13.0. The van der Waals surface area contributed by atoms with E-state index in [9.17, 15) is 4.79 Å². The van der Waals surface area contributed by atoms with Crippen LogP contribution in [0.1, 0.15) is 22.3 Å². The van der Waals surface area contributed by atoms with Crippen LogP contribution in [0.15, 0.2) is 71.8 Å². The Morgan fingerprint density at radius 2 is 1.88 bits per heavy atom. The second kappa shape index (κ2) is 9.83. The Bertz CT molecular complexity index is 1350. The van der Waals surface area contributed by atoms with Crippen molar-refractivity contribution in [2.24, 2.45) is 0 Å². The first-order valence-corrected chi connectivity index (χ1v) is 11.1. The number of hydrogen-bond acceptors (Lipinski definition) is 4. The molecule has 0 aliphatic carbocycles. The first-order chi connectivity index (χ1) is 16.0. The number of nitrogens with zero attached hydrogens (tertiary/aromatic N) is 2.